The van der Waals surface area contributed by atoms with Gasteiger partial charge in [-0.2, -0.15) is 0 Å². The molecule has 6 heteroatoms. The van der Waals surface area contributed by atoms with Crippen molar-refractivity contribution in [3.63, 3.8) is 0 Å². The van der Waals surface area contributed by atoms with E-state index in [4.69, 9.17) is 5.11 Å². The number of carboxylic acid groups (broad SMARTS) is 1. The summed E-state index contributed by atoms with van der Waals surface area (Å²) in [7, 11) is 0. The van der Waals surface area contributed by atoms with Gasteiger partial charge in [-0.05, 0) is 26.2 Å². The van der Waals surface area contributed by atoms with E-state index in [2.05, 4.69) is 15.3 Å². The smallest absolute Gasteiger partial charge is 0.353 e. The Labute approximate surface area is 116 Å². The first kappa shape index (κ1) is 14.0. The van der Waals surface area contributed by atoms with Crippen molar-refractivity contribution in [3.05, 3.63) is 42.0 Å². The minimum atomic E-state index is -1.06. The lowest BCUT2D eigenvalue weighted by atomic mass is 9.76. The van der Waals surface area contributed by atoms with Crippen molar-refractivity contribution in [2.75, 3.05) is 0 Å². The van der Waals surface area contributed by atoms with E-state index in [1.54, 1.807) is 12.2 Å². The number of nitrogens with zero attached hydrogens (tertiary/aromatic N) is 1. The van der Waals surface area contributed by atoms with Gasteiger partial charge in [-0.25, -0.2) is 9.78 Å². The number of carbonyl (C=O) groups is 2. The minimum Gasteiger partial charge on any atom is -0.477 e. The number of aromatic nitrogens is 2. The largest absolute Gasteiger partial charge is 0.477 e. The number of aromatic amines is 1. The van der Waals surface area contributed by atoms with Crippen LogP contribution in [0.2, 0.25) is 0 Å². The summed E-state index contributed by atoms with van der Waals surface area (Å²) in [5.74, 6) is -0.762. The average molecular weight is 275 g/mol. The summed E-state index contributed by atoms with van der Waals surface area (Å²) in [6, 6.07) is 0. The van der Waals surface area contributed by atoms with Crippen LogP contribution in [-0.4, -0.2) is 27.0 Å². The molecule has 0 spiro atoms. The van der Waals surface area contributed by atoms with Crippen LogP contribution in [0.5, 0.6) is 0 Å². The van der Waals surface area contributed by atoms with Gasteiger partial charge in [-0.15, -0.1) is 0 Å². The van der Waals surface area contributed by atoms with Crippen LogP contribution in [0.25, 0.3) is 0 Å². The first-order valence-electron chi connectivity index (χ1n) is 6.48. The molecule has 0 radical (unpaired) electrons. The molecule has 1 amide bonds. The Hall–Kier alpha value is -2.37. The number of carbonyl (C=O) groups excluding carboxylic acids is 1. The number of allylic oxidation sites excluding steroid dienone is 3. The van der Waals surface area contributed by atoms with Gasteiger partial charge < -0.3 is 15.4 Å². The molecule has 1 aromatic heterocycles. The molecule has 1 fully saturated rings. The standard InChI is InChI=1S/C14H17N3O3/c1-2-3-4-6-11(18)17-14(7-5-8-14)13-15-9-10(16-13)12(19)20/h2-4,6,9H,5,7-8H2,1H3,(H,15,16)(H,17,18)(H,19,20)/b3-2+,6-4+. The number of imidazole rings is 1. The van der Waals surface area contributed by atoms with E-state index in [0.717, 1.165) is 19.3 Å². The Bertz CT molecular complexity index is 568. The van der Waals surface area contributed by atoms with E-state index in [1.165, 1.54) is 12.3 Å². The van der Waals surface area contributed by atoms with Crippen LogP contribution < -0.4 is 5.32 Å². The second-order valence-corrected chi connectivity index (χ2v) is 4.76. The van der Waals surface area contributed by atoms with Crippen molar-refractivity contribution in [1.82, 2.24) is 15.3 Å². The summed E-state index contributed by atoms with van der Waals surface area (Å²) < 4.78 is 0. The predicted molar refractivity (Wildman–Crippen MR) is 73.2 cm³/mol. The summed E-state index contributed by atoms with van der Waals surface area (Å²) in [6.07, 6.45) is 10.5. The quantitative estimate of drug-likeness (QED) is 0.563. The summed E-state index contributed by atoms with van der Waals surface area (Å²) in [5.41, 5.74) is -0.532. The Kier molecular flexibility index (Phi) is 4.02. The number of aromatic carboxylic acids is 1. The molecule has 1 aromatic rings. The number of H-pyrrole nitrogens is 1. The summed E-state index contributed by atoms with van der Waals surface area (Å²) in [6.45, 7) is 1.87. The Morgan fingerprint density at radius 1 is 1.45 bits per heavy atom. The van der Waals surface area contributed by atoms with Gasteiger partial charge in [-0.1, -0.05) is 18.2 Å². The lowest BCUT2D eigenvalue weighted by molar-refractivity contribution is -0.119. The third-order valence-corrected chi connectivity index (χ3v) is 3.38. The monoisotopic (exact) mass is 275 g/mol. The lowest BCUT2D eigenvalue weighted by Gasteiger charge is -2.40. The van der Waals surface area contributed by atoms with Crippen molar-refractivity contribution >= 4 is 11.9 Å². The molecule has 6 nitrogen and oxygen atoms in total. The Morgan fingerprint density at radius 2 is 2.20 bits per heavy atom. The van der Waals surface area contributed by atoms with Crippen molar-refractivity contribution in [2.24, 2.45) is 0 Å². The summed E-state index contributed by atoms with van der Waals surface area (Å²) in [5, 5.41) is 11.8. The van der Waals surface area contributed by atoms with E-state index in [-0.39, 0.29) is 11.6 Å². The van der Waals surface area contributed by atoms with Gasteiger partial charge >= 0.3 is 5.97 Å². The fourth-order valence-corrected chi connectivity index (χ4v) is 2.16. The molecule has 2 rings (SSSR count). The first-order valence-corrected chi connectivity index (χ1v) is 6.48. The Morgan fingerprint density at radius 3 is 2.70 bits per heavy atom. The van der Waals surface area contributed by atoms with Crippen LogP contribution in [0.4, 0.5) is 0 Å². The van der Waals surface area contributed by atoms with Gasteiger partial charge in [-0.3, -0.25) is 4.79 Å². The van der Waals surface area contributed by atoms with E-state index in [0.29, 0.717) is 5.82 Å². The molecule has 0 aliphatic heterocycles. The van der Waals surface area contributed by atoms with Crippen LogP contribution in [0.1, 0.15) is 42.5 Å². The highest BCUT2D eigenvalue weighted by Gasteiger charge is 2.42. The highest BCUT2D eigenvalue weighted by molar-refractivity contribution is 5.88. The summed E-state index contributed by atoms with van der Waals surface area (Å²) >= 11 is 0. The molecule has 106 valence electrons. The van der Waals surface area contributed by atoms with Gasteiger partial charge in [0.05, 0.1) is 11.7 Å². The minimum absolute atomic E-state index is 0.0324. The third kappa shape index (κ3) is 2.79. The maximum Gasteiger partial charge on any atom is 0.353 e. The fourth-order valence-electron chi connectivity index (χ4n) is 2.16. The number of carboxylic acids is 1. The van der Waals surface area contributed by atoms with Gasteiger partial charge in [0.15, 0.2) is 0 Å². The van der Waals surface area contributed by atoms with Crippen molar-refractivity contribution < 1.29 is 14.7 Å². The van der Waals surface area contributed by atoms with Crippen LogP contribution in [0.3, 0.4) is 0 Å². The van der Waals surface area contributed by atoms with Crippen molar-refractivity contribution in [1.29, 1.82) is 0 Å². The molecular formula is C14H17N3O3. The van der Waals surface area contributed by atoms with Gasteiger partial charge in [0, 0.05) is 6.08 Å². The number of amides is 1. The number of hydrogen-bond acceptors (Lipinski definition) is 3. The molecule has 1 aliphatic carbocycles. The van der Waals surface area contributed by atoms with Gasteiger partial charge in [0.2, 0.25) is 5.91 Å². The lowest BCUT2D eigenvalue weighted by Crippen LogP contribution is -2.51. The van der Waals surface area contributed by atoms with E-state index < -0.39 is 11.5 Å². The Balaban J connectivity index is 2.12. The number of hydrogen-bond donors (Lipinski definition) is 3. The molecular weight excluding hydrogens is 258 g/mol. The third-order valence-electron chi connectivity index (χ3n) is 3.38. The molecule has 1 heterocycles. The van der Waals surface area contributed by atoms with Crippen LogP contribution >= 0.6 is 0 Å². The number of nitrogens with one attached hydrogen (secondary N) is 2. The maximum atomic E-state index is 11.9. The molecule has 0 saturated heterocycles. The topological polar surface area (TPSA) is 95.1 Å². The highest BCUT2D eigenvalue weighted by atomic mass is 16.4. The summed E-state index contributed by atoms with van der Waals surface area (Å²) in [4.78, 5) is 29.6. The van der Waals surface area contributed by atoms with E-state index in [9.17, 15) is 9.59 Å². The highest BCUT2D eigenvalue weighted by Crippen LogP contribution is 2.39. The molecule has 0 unspecified atom stereocenters. The van der Waals surface area contributed by atoms with E-state index in [1.807, 2.05) is 13.0 Å². The number of rotatable bonds is 5. The molecule has 1 saturated carbocycles. The predicted octanol–water partition coefficient (Wildman–Crippen LogP) is 1.74. The second-order valence-electron chi connectivity index (χ2n) is 4.76. The zero-order valence-electron chi connectivity index (χ0n) is 11.2. The second kappa shape index (κ2) is 5.73. The zero-order chi connectivity index (χ0) is 14.6. The van der Waals surface area contributed by atoms with Gasteiger partial charge in [0.25, 0.3) is 0 Å². The zero-order valence-corrected chi connectivity index (χ0v) is 11.2. The first-order chi connectivity index (χ1) is 9.57. The van der Waals surface area contributed by atoms with Crippen molar-refractivity contribution in [3.8, 4) is 0 Å². The van der Waals surface area contributed by atoms with Crippen LogP contribution in [0.15, 0.2) is 30.5 Å². The molecule has 0 aromatic carbocycles. The normalized spacial score (nSPS) is 17.2. The SMILES string of the molecule is C/C=C/C=C/C(=O)NC1(c2ncc(C(=O)O)[nH]2)CCC1. The molecule has 0 bridgehead atoms. The maximum absolute atomic E-state index is 11.9. The fraction of sp³-hybridized carbons (Fsp3) is 0.357. The molecule has 3 N–H and O–H groups in total. The van der Waals surface area contributed by atoms with Crippen LogP contribution in [-0.2, 0) is 10.3 Å². The molecule has 20 heavy (non-hydrogen) atoms. The molecule has 1 aliphatic rings. The van der Waals surface area contributed by atoms with Crippen molar-refractivity contribution in [2.45, 2.75) is 31.7 Å². The molecule has 0 atom stereocenters. The van der Waals surface area contributed by atoms with Gasteiger partial charge in [0.1, 0.15) is 11.5 Å². The average Bonchev–Trinajstić information content (AvgIpc) is 2.84. The van der Waals surface area contributed by atoms with E-state index >= 15 is 0 Å². The van der Waals surface area contributed by atoms with Crippen LogP contribution in [0, 0.1) is 0 Å².